The van der Waals surface area contributed by atoms with Gasteiger partial charge in [-0.05, 0) is 71.2 Å². The number of alkyl halides is 4. The fraction of sp³-hybridized carbons (Fsp3) is 0.462. The summed E-state index contributed by atoms with van der Waals surface area (Å²) in [6.45, 7) is 8.47. The van der Waals surface area contributed by atoms with E-state index in [0.29, 0.717) is 48.8 Å². The fourth-order valence-corrected chi connectivity index (χ4v) is 10.2. The number of benzene rings is 2. The van der Waals surface area contributed by atoms with Crippen LogP contribution in [-0.4, -0.2) is 91.9 Å². The van der Waals surface area contributed by atoms with Gasteiger partial charge in [0.1, 0.15) is 46.8 Å². The molecule has 8 rings (SSSR count). The van der Waals surface area contributed by atoms with Gasteiger partial charge < -0.3 is 20.3 Å². The van der Waals surface area contributed by atoms with E-state index in [-0.39, 0.29) is 75.6 Å². The topological polar surface area (TPSA) is 129 Å². The second kappa shape index (κ2) is 14.0. The van der Waals surface area contributed by atoms with E-state index in [1.54, 1.807) is 36.8 Å². The molecule has 11 nitrogen and oxygen atoms in total. The Bertz CT molecular complexity index is 2480. The third kappa shape index (κ3) is 6.29. The summed E-state index contributed by atoms with van der Waals surface area (Å²) in [5, 5.41) is 9.27. The first-order chi connectivity index (χ1) is 27.1. The van der Waals surface area contributed by atoms with Crippen molar-refractivity contribution in [3.05, 3.63) is 58.7 Å². The lowest BCUT2D eigenvalue weighted by atomic mass is 9.92. The quantitative estimate of drug-likeness (QED) is 0.163. The Morgan fingerprint density at radius 3 is 2.65 bits per heavy atom. The number of nitriles is 1. The molecule has 2 aromatic carbocycles. The lowest BCUT2D eigenvalue weighted by Crippen LogP contribution is -2.47. The van der Waals surface area contributed by atoms with Gasteiger partial charge in [0.25, 0.3) is 0 Å². The second-order valence-corrected chi connectivity index (χ2v) is 16.2. The zero-order valence-electron chi connectivity index (χ0n) is 31.6. The average Bonchev–Trinajstić information content (AvgIpc) is 3.96. The summed E-state index contributed by atoms with van der Waals surface area (Å²) >= 11 is 0.677. The van der Waals surface area contributed by atoms with Gasteiger partial charge in [-0.1, -0.05) is 6.07 Å². The molecule has 0 bridgehead atoms. The molecular weight excluding hydrogens is 773 g/mol. The summed E-state index contributed by atoms with van der Waals surface area (Å²) in [6, 6.07) is 2.91. The number of fused-ring (bicyclic) bond motifs is 3. The van der Waals surface area contributed by atoms with Gasteiger partial charge in [-0.2, -0.15) is 28.4 Å². The Morgan fingerprint density at radius 2 is 1.96 bits per heavy atom. The number of aromatic nitrogens is 4. The van der Waals surface area contributed by atoms with Crippen molar-refractivity contribution < 1.29 is 35.9 Å². The number of halogens is 6. The van der Waals surface area contributed by atoms with Crippen LogP contribution >= 0.6 is 11.3 Å². The van der Waals surface area contributed by atoms with E-state index < -0.39 is 58.2 Å². The molecule has 3 aromatic heterocycles. The average molecular weight is 812 g/mol. The van der Waals surface area contributed by atoms with E-state index in [2.05, 4.69) is 15.0 Å². The highest BCUT2D eigenvalue weighted by Crippen LogP contribution is 2.49. The zero-order chi connectivity index (χ0) is 40.7. The van der Waals surface area contributed by atoms with Crippen molar-refractivity contribution >= 4 is 49.2 Å². The van der Waals surface area contributed by atoms with Crippen molar-refractivity contribution in [1.29, 1.82) is 5.26 Å². The number of hydrogen-bond acceptors (Lipinski definition) is 10. The van der Waals surface area contributed by atoms with E-state index in [1.165, 1.54) is 4.57 Å². The number of ether oxygens (including phenoxy) is 1. The smallest absolute Gasteiger partial charge is 0.417 e. The van der Waals surface area contributed by atoms with Crippen molar-refractivity contribution in [3.8, 4) is 23.2 Å². The Hall–Kier alpha value is -5.15. The number of likely N-dealkylation sites (N-methyl/N-ethyl adjacent to an activating group) is 1. The van der Waals surface area contributed by atoms with Gasteiger partial charge in [-0.25, -0.2) is 22.9 Å². The zero-order valence-corrected chi connectivity index (χ0v) is 32.4. The molecule has 3 fully saturated rings. The largest absolute Gasteiger partial charge is 0.461 e. The number of nitrogen functional groups attached to an aromatic ring is 1. The van der Waals surface area contributed by atoms with Gasteiger partial charge in [0, 0.05) is 48.6 Å². The molecule has 300 valence electrons. The monoisotopic (exact) mass is 811 g/mol. The minimum absolute atomic E-state index is 0.0380. The maximum Gasteiger partial charge on any atom is 0.417 e. The third-order valence-electron chi connectivity index (χ3n) is 11.8. The van der Waals surface area contributed by atoms with Crippen molar-refractivity contribution in [1.82, 2.24) is 29.3 Å². The molecule has 6 heterocycles. The van der Waals surface area contributed by atoms with E-state index in [1.807, 2.05) is 17.9 Å². The Balaban J connectivity index is 1.31. The number of carbonyl (C=O) groups is 1. The molecule has 3 aliphatic rings. The van der Waals surface area contributed by atoms with Crippen LogP contribution in [0, 0.1) is 36.8 Å². The van der Waals surface area contributed by atoms with Crippen molar-refractivity contribution in [2.75, 3.05) is 43.4 Å². The predicted octanol–water partition coefficient (Wildman–Crippen LogP) is 7.99. The second-order valence-electron chi connectivity index (χ2n) is 15.1. The molecule has 1 amide bonds. The summed E-state index contributed by atoms with van der Waals surface area (Å²) in [6.07, 6.45) is -2.50. The number of nitrogens with two attached hydrogens (primary N) is 1. The summed E-state index contributed by atoms with van der Waals surface area (Å²) < 4.78 is 100. The maximum absolute atomic E-state index is 17.4. The molecule has 0 saturated carbocycles. The molecule has 3 saturated heterocycles. The molecule has 0 aliphatic carbocycles. The number of likely N-dealkylation sites (tertiary alicyclic amines) is 1. The van der Waals surface area contributed by atoms with Gasteiger partial charge in [0.15, 0.2) is 5.82 Å². The van der Waals surface area contributed by atoms with Crippen LogP contribution in [0.15, 0.2) is 24.4 Å². The lowest BCUT2D eigenvalue weighted by molar-refractivity contribution is -0.137. The fourth-order valence-electron chi connectivity index (χ4n) is 9.22. The van der Waals surface area contributed by atoms with Crippen LogP contribution in [0.25, 0.3) is 32.1 Å². The first kappa shape index (κ1) is 38.7. The van der Waals surface area contributed by atoms with Gasteiger partial charge in [0.05, 0.1) is 39.1 Å². The highest BCUT2D eigenvalue weighted by molar-refractivity contribution is 7.23. The molecule has 5 aromatic rings. The normalized spacial score (nSPS) is 22.5. The van der Waals surface area contributed by atoms with Gasteiger partial charge in [-0.15, -0.1) is 11.3 Å². The van der Waals surface area contributed by atoms with Crippen molar-refractivity contribution in [2.24, 2.45) is 0 Å². The van der Waals surface area contributed by atoms with Crippen LogP contribution in [0.3, 0.4) is 0 Å². The van der Waals surface area contributed by atoms with E-state index >= 15 is 22.0 Å². The lowest BCUT2D eigenvalue weighted by Gasteiger charge is -2.35. The highest BCUT2D eigenvalue weighted by Gasteiger charge is 2.50. The van der Waals surface area contributed by atoms with Crippen LogP contribution in [0.1, 0.15) is 62.2 Å². The minimum Gasteiger partial charge on any atom is -0.461 e. The van der Waals surface area contributed by atoms with Gasteiger partial charge >= 0.3 is 18.2 Å². The summed E-state index contributed by atoms with van der Waals surface area (Å²) in [5.41, 5.74) is 2.51. The van der Waals surface area contributed by atoms with Crippen LogP contribution < -0.4 is 15.4 Å². The first-order valence-electron chi connectivity index (χ1n) is 18.7. The number of nitrogens with zero attached hydrogens (tertiary/aromatic N) is 8. The molecule has 0 unspecified atom stereocenters. The summed E-state index contributed by atoms with van der Waals surface area (Å²) in [4.78, 5) is 32.5. The van der Waals surface area contributed by atoms with Crippen molar-refractivity contribution in [2.45, 2.75) is 83.3 Å². The number of amides is 1. The van der Waals surface area contributed by atoms with E-state index in [9.17, 15) is 14.4 Å². The first-order valence-corrected chi connectivity index (χ1v) is 19.5. The van der Waals surface area contributed by atoms with Crippen molar-refractivity contribution in [3.63, 3.8) is 0 Å². The third-order valence-corrected chi connectivity index (χ3v) is 12.8. The van der Waals surface area contributed by atoms with Gasteiger partial charge in [0.2, 0.25) is 0 Å². The summed E-state index contributed by atoms with van der Waals surface area (Å²) in [7, 11) is 0. The van der Waals surface area contributed by atoms with Crippen LogP contribution in [0.5, 0.6) is 6.01 Å². The molecule has 3 aliphatic heterocycles. The van der Waals surface area contributed by atoms with Crippen LogP contribution in [0.2, 0.25) is 0 Å². The molecule has 0 radical (unpaired) electrons. The Labute approximate surface area is 327 Å². The minimum atomic E-state index is -5.15. The number of hydrogen-bond donors (Lipinski definition) is 1. The standard InChI is InChI=1S/C39H39F6N9O2S/c1-5-52(28-9-12-53(20(28)3)37(55)54-16-19(2)48-21(54)4)35-24-13-26(39(43,44)45)30(23-7-8-27(41)33-29(23)25(15-46)34(47)57-33)31(42)32(24)49-36(50-35)56-18-38-10-6-11-51(38)17-22(40)14-38/h7-8,13,16,20,22,28H,5-6,9-12,14,17-18,47H2,1-4H3/t20-,22-,28-,38+/m1/s1. The molecule has 4 atom stereocenters. The van der Waals surface area contributed by atoms with Gasteiger partial charge in [-0.3, -0.25) is 9.47 Å². The number of anilines is 2. The number of carbonyl (C=O) groups excluding carboxylic acids is 1. The van der Waals surface area contributed by atoms with E-state index in [0.717, 1.165) is 24.6 Å². The number of thiophene rings is 1. The van der Waals surface area contributed by atoms with Crippen LogP contribution in [0.4, 0.5) is 42.0 Å². The number of imidazole rings is 1. The Kier molecular flexibility index (Phi) is 9.54. The molecular formula is C39H39F6N9O2S. The maximum atomic E-state index is 17.4. The molecule has 18 heteroatoms. The number of rotatable bonds is 7. The molecule has 0 spiro atoms. The Morgan fingerprint density at radius 1 is 1.19 bits per heavy atom. The molecule has 57 heavy (non-hydrogen) atoms. The SMILES string of the molecule is CCN(c1nc(OC[C@@]23CCCN2C[C@H](F)C3)nc2c(F)c(-c3ccc(F)c4sc(N)c(C#N)c34)c(C(F)(F)F)cc12)[C@@H]1CCN(C(=O)n2cc(C)nc2C)[C@@H]1C. The van der Waals surface area contributed by atoms with Crippen LogP contribution in [-0.2, 0) is 6.18 Å². The molecule has 2 N–H and O–H groups in total. The predicted molar refractivity (Wildman–Crippen MR) is 203 cm³/mol. The number of aryl methyl sites for hydroxylation is 2. The van der Waals surface area contributed by atoms with E-state index in [4.69, 9.17) is 10.5 Å². The highest BCUT2D eigenvalue weighted by atomic mass is 32.1. The summed E-state index contributed by atoms with van der Waals surface area (Å²) in [5.74, 6) is -1.77.